The molecule has 0 amide bonds. The standard InChI is InChI=1S/C11H22N2/c1-9(2)13-6-5-11(8-13)4-3-10(12)7-11/h9-10H,3-8,12H2,1-2H3/t10-,11?/m1/s1. The van der Waals surface area contributed by atoms with Crippen molar-refractivity contribution in [2.45, 2.75) is 51.6 Å². The van der Waals surface area contributed by atoms with E-state index in [1.54, 1.807) is 0 Å². The molecule has 2 nitrogen and oxygen atoms in total. The van der Waals surface area contributed by atoms with E-state index < -0.39 is 0 Å². The lowest BCUT2D eigenvalue weighted by Gasteiger charge is -2.26. The Balaban J connectivity index is 1.97. The molecule has 2 atom stereocenters. The van der Waals surface area contributed by atoms with Crippen LogP contribution in [0.15, 0.2) is 0 Å². The number of nitrogens with two attached hydrogens (primary N) is 1. The van der Waals surface area contributed by atoms with Crippen molar-refractivity contribution in [3.63, 3.8) is 0 Å². The van der Waals surface area contributed by atoms with Crippen molar-refractivity contribution in [2.75, 3.05) is 13.1 Å². The molecule has 76 valence electrons. The first-order valence-electron chi connectivity index (χ1n) is 5.61. The third-order valence-electron chi connectivity index (χ3n) is 3.94. The van der Waals surface area contributed by atoms with Crippen molar-refractivity contribution in [2.24, 2.45) is 11.1 Å². The molecule has 2 N–H and O–H groups in total. The predicted molar refractivity (Wildman–Crippen MR) is 55.6 cm³/mol. The first-order valence-corrected chi connectivity index (χ1v) is 5.61. The molecule has 0 aromatic carbocycles. The second-order valence-electron chi connectivity index (χ2n) is 5.32. The van der Waals surface area contributed by atoms with Crippen molar-refractivity contribution in [1.82, 2.24) is 4.90 Å². The van der Waals surface area contributed by atoms with Crippen molar-refractivity contribution < 1.29 is 0 Å². The summed E-state index contributed by atoms with van der Waals surface area (Å²) < 4.78 is 0. The Kier molecular flexibility index (Phi) is 2.37. The van der Waals surface area contributed by atoms with Crippen LogP contribution in [0.4, 0.5) is 0 Å². The summed E-state index contributed by atoms with van der Waals surface area (Å²) in [6, 6.07) is 1.21. The van der Waals surface area contributed by atoms with Gasteiger partial charge in [-0.3, -0.25) is 0 Å². The SMILES string of the molecule is CC(C)N1CCC2(CC[C@@H](N)C2)C1. The molecule has 1 saturated heterocycles. The van der Waals surface area contributed by atoms with Gasteiger partial charge in [-0.1, -0.05) is 0 Å². The monoisotopic (exact) mass is 182 g/mol. The normalized spacial score (nSPS) is 41.1. The number of hydrogen-bond donors (Lipinski definition) is 1. The smallest absolute Gasteiger partial charge is 0.00448 e. The minimum absolute atomic E-state index is 0.493. The Hall–Kier alpha value is -0.0800. The van der Waals surface area contributed by atoms with Crippen LogP contribution >= 0.6 is 0 Å². The van der Waals surface area contributed by atoms with Gasteiger partial charge in [0.1, 0.15) is 0 Å². The van der Waals surface area contributed by atoms with Crippen LogP contribution in [0.5, 0.6) is 0 Å². The van der Waals surface area contributed by atoms with Crippen LogP contribution in [-0.2, 0) is 0 Å². The van der Waals surface area contributed by atoms with Gasteiger partial charge >= 0.3 is 0 Å². The average molecular weight is 182 g/mol. The first-order chi connectivity index (χ1) is 6.11. The summed E-state index contributed by atoms with van der Waals surface area (Å²) in [4.78, 5) is 2.61. The van der Waals surface area contributed by atoms with Crippen molar-refractivity contribution in [3.05, 3.63) is 0 Å². The molecule has 1 spiro atoms. The highest BCUT2D eigenvalue weighted by atomic mass is 15.2. The quantitative estimate of drug-likeness (QED) is 0.667. The van der Waals surface area contributed by atoms with Crippen LogP contribution in [0.1, 0.15) is 39.5 Å². The molecule has 2 heteroatoms. The van der Waals surface area contributed by atoms with Gasteiger partial charge in [0.2, 0.25) is 0 Å². The Morgan fingerprint density at radius 2 is 2.15 bits per heavy atom. The fourth-order valence-electron chi connectivity index (χ4n) is 3.03. The zero-order valence-corrected chi connectivity index (χ0v) is 8.92. The fraction of sp³-hybridized carbons (Fsp3) is 1.00. The number of hydrogen-bond acceptors (Lipinski definition) is 2. The maximum Gasteiger partial charge on any atom is 0.00448 e. The maximum atomic E-state index is 5.99. The number of rotatable bonds is 1. The highest BCUT2D eigenvalue weighted by Crippen LogP contribution is 2.45. The molecule has 1 aliphatic heterocycles. The zero-order valence-electron chi connectivity index (χ0n) is 8.92. The van der Waals surface area contributed by atoms with Crippen LogP contribution < -0.4 is 5.73 Å². The molecule has 2 aliphatic rings. The van der Waals surface area contributed by atoms with Gasteiger partial charge < -0.3 is 10.6 Å². The van der Waals surface area contributed by atoms with Crippen LogP contribution in [0.2, 0.25) is 0 Å². The Morgan fingerprint density at radius 1 is 1.38 bits per heavy atom. The molecule has 2 rings (SSSR count). The van der Waals surface area contributed by atoms with Crippen molar-refractivity contribution in [1.29, 1.82) is 0 Å². The van der Waals surface area contributed by atoms with Gasteiger partial charge in [-0.15, -0.1) is 0 Å². The summed E-state index contributed by atoms with van der Waals surface area (Å²) >= 11 is 0. The van der Waals surface area contributed by atoms with E-state index in [0.717, 1.165) is 6.04 Å². The Morgan fingerprint density at radius 3 is 2.62 bits per heavy atom. The van der Waals surface area contributed by atoms with Gasteiger partial charge in [-0.2, -0.15) is 0 Å². The highest BCUT2D eigenvalue weighted by molar-refractivity contribution is 4.97. The average Bonchev–Trinajstić information content (AvgIpc) is 2.61. The van der Waals surface area contributed by atoms with Crippen LogP contribution in [0.25, 0.3) is 0 Å². The molecule has 1 saturated carbocycles. The lowest BCUT2D eigenvalue weighted by molar-refractivity contribution is 0.224. The lowest BCUT2D eigenvalue weighted by atomic mass is 9.85. The molecule has 1 heterocycles. The van der Waals surface area contributed by atoms with Gasteiger partial charge in [-0.05, 0) is 51.5 Å². The summed E-state index contributed by atoms with van der Waals surface area (Å²) in [5.74, 6) is 0. The molecule has 13 heavy (non-hydrogen) atoms. The van der Waals surface area contributed by atoms with E-state index in [0.29, 0.717) is 11.5 Å². The summed E-state index contributed by atoms with van der Waals surface area (Å²) in [6.45, 7) is 7.20. The molecular formula is C11H22N2. The van der Waals surface area contributed by atoms with E-state index >= 15 is 0 Å². The zero-order chi connectivity index (χ0) is 9.47. The minimum atomic E-state index is 0.493. The molecule has 2 fully saturated rings. The first kappa shape index (κ1) is 9.47. The topological polar surface area (TPSA) is 29.3 Å². The van der Waals surface area contributed by atoms with E-state index in [2.05, 4.69) is 18.7 Å². The highest BCUT2D eigenvalue weighted by Gasteiger charge is 2.43. The summed E-state index contributed by atoms with van der Waals surface area (Å²) in [5.41, 5.74) is 6.61. The summed E-state index contributed by atoms with van der Waals surface area (Å²) in [5, 5.41) is 0. The number of nitrogens with zero attached hydrogens (tertiary/aromatic N) is 1. The van der Waals surface area contributed by atoms with E-state index in [4.69, 9.17) is 5.73 Å². The van der Waals surface area contributed by atoms with E-state index in [-0.39, 0.29) is 0 Å². The van der Waals surface area contributed by atoms with Gasteiger partial charge in [-0.25, -0.2) is 0 Å². The molecule has 0 bridgehead atoms. The van der Waals surface area contributed by atoms with Crippen molar-refractivity contribution >= 4 is 0 Å². The second-order valence-corrected chi connectivity index (χ2v) is 5.32. The third kappa shape index (κ3) is 1.75. The molecule has 1 unspecified atom stereocenters. The molecule has 1 aliphatic carbocycles. The fourth-order valence-corrected chi connectivity index (χ4v) is 3.03. The number of likely N-dealkylation sites (tertiary alicyclic amines) is 1. The minimum Gasteiger partial charge on any atom is -0.328 e. The van der Waals surface area contributed by atoms with Crippen molar-refractivity contribution in [3.8, 4) is 0 Å². The van der Waals surface area contributed by atoms with E-state index in [1.807, 2.05) is 0 Å². The van der Waals surface area contributed by atoms with Crippen LogP contribution in [-0.4, -0.2) is 30.1 Å². The molecule has 0 aromatic rings. The Labute approximate surface area is 81.5 Å². The predicted octanol–water partition coefficient (Wildman–Crippen LogP) is 1.60. The summed E-state index contributed by atoms with van der Waals surface area (Å²) in [6.07, 6.45) is 5.29. The van der Waals surface area contributed by atoms with Gasteiger partial charge in [0.25, 0.3) is 0 Å². The van der Waals surface area contributed by atoms with Crippen LogP contribution in [0, 0.1) is 5.41 Å². The largest absolute Gasteiger partial charge is 0.328 e. The lowest BCUT2D eigenvalue weighted by Crippen LogP contribution is -2.31. The van der Waals surface area contributed by atoms with Gasteiger partial charge in [0, 0.05) is 18.6 Å². The maximum absolute atomic E-state index is 5.99. The van der Waals surface area contributed by atoms with E-state index in [1.165, 1.54) is 38.8 Å². The third-order valence-corrected chi connectivity index (χ3v) is 3.94. The molecule has 0 aromatic heterocycles. The molecular weight excluding hydrogens is 160 g/mol. The molecule has 0 radical (unpaired) electrons. The summed E-state index contributed by atoms with van der Waals surface area (Å²) in [7, 11) is 0. The van der Waals surface area contributed by atoms with Gasteiger partial charge in [0.15, 0.2) is 0 Å². The van der Waals surface area contributed by atoms with Crippen LogP contribution in [0.3, 0.4) is 0 Å². The second kappa shape index (κ2) is 3.25. The Bertz CT molecular complexity index is 191. The van der Waals surface area contributed by atoms with E-state index in [9.17, 15) is 0 Å². The van der Waals surface area contributed by atoms with Gasteiger partial charge in [0.05, 0.1) is 0 Å².